The first-order valence-electron chi connectivity index (χ1n) is 12.4. The van der Waals surface area contributed by atoms with Crippen LogP contribution in [-0.4, -0.2) is 36.9 Å². The van der Waals surface area contributed by atoms with Gasteiger partial charge in [0.05, 0.1) is 12.2 Å². The van der Waals surface area contributed by atoms with E-state index >= 15 is 0 Å². The van der Waals surface area contributed by atoms with Crippen molar-refractivity contribution in [1.82, 2.24) is 5.32 Å². The number of halogens is 1. The molecule has 37 heavy (non-hydrogen) atoms. The summed E-state index contributed by atoms with van der Waals surface area (Å²) in [7, 11) is 0. The lowest BCUT2D eigenvalue weighted by molar-refractivity contribution is -0.139. The fourth-order valence-corrected chi connectivity index (χ4v) is 4.80. The van der Waals surface area contributed by atoms with Gasteiger partial charge in [-0.1, -0.05) is 48.5 Å². The Morgan fingerprint density at radius 2 is 1.92 bits per heavy atom. The molecule has 7 heteroatoms. The fourth-order valence-electron chi connectivity index (χ4n) is 4.80. The molecule has 6 nitrogen and oxygen atoms in total. The molecule has 2 N–H and O–H groups in total. The maximum atomic E-state index is 14.2. The molecule has 0 saturated carbocycles. The predicted molar refractivity (Wildman–Crippen MR) is 142 cm³/mol. The van der Waals surface area contributed by atoms with E-state index in [1.807, 2.05) is 17.0 Å². The zero-order chi connectivity index (χ0) is 25.8. The van der Waals surface area contributed by atoms with Crippen LogP contribution in [0.25, 0.3) is 10.8 Å². The predicted octanol–water partition coefficient (Wildman–Crippen LogP) is 6.08. The molecule has 1 unspecified atom stereocenters. The summed E-state index contributed by atoms with van der Waals surface area (Å²) < 4.78 is 25.8. The zero-order valence-electron chi connectivity index (χ0n) is 20.6. The van der Waals surface area contributed by atoms with E-state index in [9.17, 15) is 9.18 Å². The molecule has 0 amide bonds. The molecule has 0 aromatic heterocycles. The van der Waals surface area contributed by atoms with Gasteiger partial charge in [0.2, 0.25) is 0 Å². The maximum absolute atomic E-state index is 14.2. The molecule has 190 valence electrons. The number of rotatable bonds is 9. The molecule has 5 rings (SSSR count). The van der Waals surface area contributed by atoms with Crippen LogP contribution in [0.15, 0.2) is 84.9 Å². The largest absolute Gasteiger partial charge is 0.486 e. The number of nitrogens with one attached hydrogen (secondary N) is 1. The highest BCUT2D eigenvalue weighted by atomic mass is 19.1. The Labute approximate surface area is 215 Å². The van der Waals surface area contributed by atoms with E-state index in [-0.39, 0.29) is 18.0 Å². The van der Waals surface area contributed by atoms with Gasteiger partial charge in [0.1, 0.15) is 23.4 Å². The highest BCUT2D eigenvalue weighted by Gasteiger charge is 2.27. The molecule has 0 spiro atoms. The summed E-state index contributed by atoms with van der Waals surface area (Å²) in [6.45, 7) is 2.99. The molecule has 0 bridgehead atoms. The van der Waals surface area contributed by atoms with E-state index in [0.717, 1.165) is 18.7 Å². The van der Waals surface area contributed by atoms with Crippen molar-refractivity contribution in [2.45, 2.75) is 25.5 Å². The third kappa shape index (κ3) is 5.67. The average molecular weight is 501 g/mol. The van der Waals surface area contributed by atoms with E-state index in [1.165, 1.54) is 28.5 Å². The minimum Gasteiger partial charge on any atom is -0.486 e. The van der Waals surface area contributed by atoms with Crippen LogP contribution in [0.1, 0.15) is 24.9 Å². The van der Waals surface area contributed by atoms with Gasteiger partial charge in [-0.05, 0) is 60.5 Å². The van der Waals surface area contributed by atoms with Crippen LogP contribution in [0.3, 0.4) is 0 Å². The third-order valence-corrected chi connectivity index (χ3v) is 6.59. The first-order chi connectivity index (χ1) is 18.0. The summed E-state index contributed by atoms with van der Waals surface area (Å²) >= 11 is 0. The van der Waals surface area contributed by atoms with Crippen LogP contribution in [-0.2, 0) is 4.79 Å². The van der Waals surface area contributed by atoms with E-state index in [1.54, 1.807) is 24.3 Å². The normalized spacial score (nSPS) is 15.6. The van der Waals surface area contributed by atoms with Crippen molar-refractivity contribution in [3.05, 3.63) is 96.3 Å². The number of fused-ring (bicyclic) bond motifs is 2. The van der Waals surface area contributed by atoms with Gasteiger partial charge in [-0.3, -0.25) is 0 Å². The van der Waals surface area contributed by atoms with Gasteiger partial charge in [-0.2, -0.15) is 0 Å². The van der Waals surface area contributed by atoms with E-state index in [0.29, 0.717) is 23.7 Å². The van der Waals surface area contributed by atoms with Gasteiger partial charge < -0.3 is 24.8 Å². The standard InChI is InChI=1S/C30H29FN2O4/c1-20(26-11-4-7-21-6-2-3-10-27(21)26)32-15-14-25-18-33(28-16-22(31)12-13-29(28)37-25)23-8-5-9-24(17-23)36-19-30(34)35/h2-13,16-17,20,25,32H,14-15,18-19H2,1H3,(H,34,35)/t20-,25?/m1/s1. The molecule has 0 fully saturated rings. The second-order valence-corrected chi connectivity index (χ2v) is 9.18. The Morgan fingerprint density at radius 3 is 2.78 bits per heavy atom. The van der Waals surface area contributed by atoms with Gasteiger partial charge in [0.15, 0.2) is 6.61 Å². The second-order valence-electron chi connectivity index (χ2n) is 9.18. The molecule has 4 aromatic rings. The minimum atomic E-state index is -1.05. The SMILES string of the molecule is C[C@@H](NCCC1CN(c2cccc(OCC(=O)O)c2)c2cc(F)ccc2O1)c1cccc2ccccc12. The van der Waals surface area contributed by atoms with Crippen molar-refractivity contribution < 1.29 is 23.8 Å². The van der Waals surface area contributed by atoms with Gasteiger partial charge in [0.25, 0.3) is 0 Å². The first-order valence-corrected chi connectivity index (χ1v) is 12.4. The van der Waals surface area contributed by atoms with Crippen LogP contribution >= 0.6 is 0 Å². The number of carboxylic acids is 1. The lowest BCUT2D eigenvalue weighted by atomic mass is 9.99. The number of aliphatic carboxylic acids is 1. The zero-order valence-corrected chi connectivity index (χ0v) is 20.6. The molecule has 0 saturated heterocycles. The molecule has 2 atom stereocenters. The van der Waals surface area contributed by atoms with Gasteiger partial charge in [-0.25, -0.2) is 9.18 Å². The average Bonchev–Trinajstić information content (AvgIpc) is 2.91. The lowest BCUT2D eigenvalue weighted by Gasteiger charge is -2.36. The van der Waals surface area contributed by atoms with E-state index < -0.39 is 12.6 Å². The molecule has 1 heterocycles. The van der Waals surface area contributed by atoms with Gasteiger partial charge in [-0.15, -0.1) is 0 Å². The Balaban J connectivity index is 1.30. The summed E-state index contributed by atoms with van der Waals surface area (Å²) in [6.07, 6.45) is 0.617. The van der Waals surface area contributed by atoms with Crippen molar-refractivity contribution in [2.24, 2.45) is 0 Å². The topological polar surface area (TPSA) is 71.0 Å². The van der Waals surface area contributed by atoms with Crippen LogP contribution in [0.4, 0.5) is 15.8 Å². The maximum Gasteiger partial charge on any atom is 0.341 e. The summed E-state index contributed by atoms with van der Waals surface area (Å²) in [5.74, 6) is -0.354. The number of carboxylic acid groups (broad SMARTS) is 1. The van der Waals surface area contributed by atoms with Gasteiger partial charge in [0, 0.05) is 23.9 Å². The summed E-state index contributed by atoms with van der Waals surface area (Å²) in [4.78, 5) is 12.9. The van der Waals surface area contributed by atoms with Crippen molar-refractivity contribution >= 4 is 28.1 Å². The van der Waals surface area contributed by atoms with Crippen LogP contribution in [0.2, 0.25) is 0 Å². The van der Waals surface area contributed by atoms with Crippen LogP contribution < -0.4 is 19.7 Å². The van der Waals surface area contributed by atoms with Gasteiger partial charge >= 0.3 is 5.97 Å². The highest BCUT2D eigenvalue weighted by Crippen LogP contribution is 2.40. The number of anilines is 2. The van der Waals surface area contributed by atoms with Crippen LogP contribution in [0, 0.1) is 5.82 Å². The molecular weight excluding hydrogens is 471 g/mol. The molecule has 1 aliphatic rings. The molecule has 1 aliphatic heterocycles. The fraction of sp³-hybridized carbons (Fsp3) is 0.233. The molecular formula is C30H29FN2O4. The lowest BCUT2D eigenvalue weighted by Crippen LogP contribution is -2.39. The molecule has 4 aromatic carbocycles. The Bertz CT molecular complexity index is 1400. The summed E-state index contributed by atoms with van der Waals surface area (Å²) in [6, 6.07) is 26.6. The van der Waals surface area contributed by atoms with Crippen molar-refractivity contribution in [1.29, 1.82) is 0 Å². The smallest absolute Gasteiger partial charge is 0.341 e. The third-order valence-electron chi connectivity index (χ3n) is 6.59. The minimum absolute atomic E-state index is 0.131. The van der Waals surface area contributed by atoms with E-state index in [2.05, 4.69) is 48.6 Å². The highest BCUT2D eigenvalue weighted by molar-refractivity contribution is 5.86. The number of hydrogen-bond acceptors (Lipinski definition) is 5. The van der Waals surface area contributed by atoms with Crippen molar-refractivity contribution in [3.63, 3.8) is 0 Å². The summed E-state index contributed by atoms with van der Waals surface area (Å²) in [5.41, 5.74) is 2.66. The monoisotopic (exact) mass is 500 g/mol. The van der Waals surface area contributed by atoms with E-state index in [4.69, 9.17) is 14.6 Å². The Morgan fingerprint density at radius 1 is 1.11 bits per heavy atom. The Hall–Kier alpha value is -4.10. The first kappa shape index (κ1) is 24.6. The second kappa shape index (κ2) is 10.9. The Kier molecular flexibility index (Phi) is 7.23. The number of hydrogen-bond donors (Lipinski definition) is 2. The molecule has 0 aliphatic carbocycles. The van der Waals surface area contributed by atoms with Crippen molar-refractivity contribution in [2.75, 3.05) is 24.6 Å². The van der Waals surface area contributed by atoms with Crippen molar-refractivity contribution in [3.8, 4) is 11.5 Å². The number of nitrogens with zero attached hydrogens (tertiary/aromatic N) is 1. The quantitative estimate of drug-likeness (QED) is 0.290. The summed E-state index contributed by atoms with van der Waals surface area (Å²) in [5, 5.41) is 15.0. The number of ether oxygens (including phenoxy) is 2. The molecule has 0 radical (unpaired) electrons. The number of benzene rings is 4. The van der Waals surface area contributed by atoms with Crippen LogP contribution in [0.5, 0.6) is 11.5 Å². The number of carbonyl (C=O) groups is 1.